The van der Waals surface area contributed by atoms with Gasteiger partial charge < -0.3 is 9.47 Å². The predicted octanol–water partition coefficient (Wildman–Crippen LogP) is 5.76. The van der Waals surface area contributed by atoms with Crippen LogP contribution in [0.1, 0.15) is 22.1 Å². The number of rotatable bonds is 4. The fourth-order valence-corrected chi connectivity index (χ4v) is 3.49. The third-order valence-electron chi connectivity index (χ3n) is 3.28. The second kappa shape index (κ2) is 6.91. The molecule has 0 N–H and O–H groups in total. The molecule has 0 spiro atoms. The summed E-state index contributed by atoms with van der Waals surface area (Å²) in [4.78, 5) is 0. The largest absolute Gasteiger partial charge is 0.493 e. The molecule has 1 atom stereocenters. The van der Waals surface area contributed by atoms with Crippen molar-refractivity contribution in [3.63, 3.8) is 0 Å². The van der Waals surface area contributed by atoms with Crippen LogP contribution in [0.3, 0.4) is 0 Å². The first-order chi connectivity index (χ1) is 9.97. The van der Waals surface area contributed by atoms with Gasteiger partial charge in [-0.2, -0.15) is 0 Å². The van der Waals surface area contributed by atoms with E-state index >= 15 is 0 Å². The van der Waals surface area contributed by atoms with Crippen LogP contribution < -0.4 is 9.47 Å². The Balaban J connectivity index is 2.50. The zero-order valence-electron chi connectivity index (χ0n) is 11.9. The van der Waals surface area contributed by atoms with Crippen LogP contribution in [-0.2, 0) is 0 Å². The summed E-state index contributed by atoms with van der Waals surface area (Å²) in [5.41, 5.74) is 2.97. The molecule has 2 rings (SSSR count). The van der Waals surface area contributed by atoms with Crippen LogP contribution in [0.2, 0.25) is 5.02 Å². The van der Waals surface area contributed by atoms with Crippen LogP contribution in [0.15, 0.2) is 34.8 Å². The van der Waals surface area contributed by atoms with Crippen molar-refractivity contribution in [3.8, 4) is 11.5 Å². The Morgan fingerprint density at radius 2 is 1.62 bits per heavy atom. The minimum Gasteiger partial charge on any atom is -0.493 e. The molecule has 2 nitrogen and oxygen atoms in total. The smallest absolute Gasteiger partial charge is 0.161 e. The fraction of sp³-hybridized carbons (Fsp3) is 0.250. The van der Waals surface area contributed by atoms with E-state index in [0.29, 0.717) is 16.5 Å². The maximum atomic E-state index is 6.65. The number of hydrogen-bond donors (Lipinski definition) is 0. The topological polar surface area (TPSA) is 18.5 Å². The van der Waals surface area contributed by atoms with Crippen molar-refractivity contribution < 1.29 is 9.47 Å². The van der Waals surface area contributed by atoms with Gasteiger partial charge in [0.1, 0.15) is 0 Å². The minimum absolute atomic E-state index is 0.309. The van der Waals surface area contributed by atoms with E-state index in [4.69, 9.17) is 32.7 Å². The van der Waals surface area contributed by atoms with Gasteiger partial charge in [-0.25, -0.2) is 0 Å². The lowest BCUT2D eigenvalue weighted by atomic mass is 9.99. The van der Waals surface area contributed by atoms with Crippen LogP contribution >= 0.6 is 39.1 Å². The Labute approximate surface area is 143 Å². The summed E-state index contributed by atoms with van der Waals surface area (Å²) in [5.74, 6) is 1.30. The monoisotopic (exact) mass is 388 g/mol. The van der Waals surface area contributed by atoms with Crippen molar-refractivity contribution in [1.82, 2.24) is 0 Å². The molecule has 0 saturated carbocycles. The van der Waals surface area contributed by atoms with E-state index < -0.39 is 0 Å². The van der Waals surface area contributed by atoms with Crippen molar-refractivity contribution in [2.24, 2.45) is 0 Å². The molecule has 1 unspecified atom stereocenters. The van der Waals surface area contributed by atoms with E-state index in [1.807, 2.05) is 37.3 Å². The van der Waals surface area contributed by atoms with Gasteiger partial charge in [-0.3, -0.25) is 0 Å². The van der Waals surface area contributed by atoms with Gasteiger partial charge >= 0.3 is 0 Å². The third kappa shape index (κ3) is 3.47. The maximum absolute atomic E-state index is 6.65. The maximum Gasteiger partial charge on any atom is 0.161 e. The summed E-state index contributed by atoms with van der Waals surface area (Å²) in [6, 6.07) is 9.43. The number of aryl methyl sites for hydroxylation is 1. The Kier molecular flexibility index (Phi) is 5.42. The highest BCUT2D eigenvalue weighted by atomic mass is 79.9. The molecule has 2 aromatic carbocycles. The molecule has 112 valence electrons. The molecule has 0 heterocycles. The number of methoxy groups -OCH3 is 2. The molecule has 0 aliphatic carbocycles. The van der Waals surface area contributed by atoms with Gasteiger partial charge in [0, 0.05) is 9.50 Å². The second-order valence-electron chi connectivity index (χ2n) is 4.59. The number of ether oxygens (including phenoxy) is 2. The van der Waals surface area contributed by atoms with E-state index in [9.17, 15) is 0 Å². The normalized spacial score (nSPS) is 12.1. The third-order valence-corrected chi connectivity index (χ3v) is 4.67. The molecule has 0 aliphatic rings. The first-order valence-electron chi connectivity index (χ1n) is 6.29. The van der Waals surface area contributed by atoms with Crippen LogP contribution in [0, 0.1) is 6.92 Å². The Hall–Kier alpha value is -0.900. The molecule has 5 heteroatoms. The number of halogens is 3. The molecule has 0 aromatic heterocycles. The van der Waals surface area contributed by atoms with E-state index in [0.717, 1.165) is 21.2 Å². The number of benzene rings is 2. The van der Waals surface area contributed by atoms with Gasteiger partial charge in [0.25, 0.3) is 0 Å². The highest BCUT2D eigenvalue weighted by Crippen LogP contribution is 2.41. The Morgan fingerprint density at radius 3 is 2.19 bits per heavy atom. The zero-order chi connectivity index (χ0) is 15.6. The summed E-state index contributed by atoms with van der Waals surface area (Å²) in [6.45, 7) is 1.99. The van der Waals surface area contributed by atoms with Crippen molar-refractivity contribution >= 4 is 39.1 Å². The van der Waals surface area contributed by atoms with E-state index in [1.54, 1.807) is 14.2 Å². The van der Waals surface area contributed by atoms with E-state index in [-0.39, 0.29) is 5.38 Å². The Bertz CT molecular complexity index is 659. The molecule has 0 fully saturated rings. The molecule has 0 amide bonds. The molecule has 0 radical (unpaired) electrons. The lowest BCUT2D eigenvalue weighted by Crippen LogP contribution is -2.00. The zero-order valence-corrected chi connectivity index (χ0v) is 15.0. The van der Waals surface area contributed by atoms with E-state index in [2.05, 4.69) is 15.9 Å². The molecular formula is C16H15BrCl2O2. The molecule has 0 saturated heterocycles. The van der Waals surface area contributed by atoms with Crippen LogP contribution in [0.4, 0.5) is 0 Å². The van der Waals surface area contributed by atoms with Crippen molar-refractivity contribution in [3.05, 3.63) is 56.5 Å². The first-order valence-corrected chi connectivity index (χ1v) is 7.90. The molecule has 0 bridgehead atoms. The van der Waals surface area contributed by atoms with Crippen molar-refractivity contribution in [2.75, 3.05) is 14.2 Å². The highest BCUT2D eigenvalue weighted by molar-refractivity contribution is 9.10. The summed E-state index contributed by atoms with van der Waals surface area (Å²) >= 11 is 16.2. The van der Waals surface area contributed by atoms with Gasteiger partial charge in [0.15, 0.2) is 11.5 Å². The second-order valence-corrected chi connectivity index (χ2v) is 6.32. The predicted molar refractivity (Wildman–Crippen MR) is 91.1 cm³/mol. The van der Waals surface area contributed by atoms with Crippen molar-refractivity contribution in [2.45, 2.75) is 12.3 Å². The quantitative estimate of drug-likeness (QED) is 0.619. The van der Waals surface area contributed by atoms with Gasteiger partial charge in [-0.05, 0) is 47.9 Å². The molecule has 2 aromatic rings. The molecular weight excluding hydrogens is 375 g/mol. The lowest BCUT2D eigenvalue weighted by Gasteiger charge is -2.17. The molecule has 21 heavy (non-hydrogen) atoms. The van der Waals surface area contributed by atoms with E-state index in [1.165, 1.54) is 0 Å². The summed E-state index contributed by atoms with van der Waals surface area (Å²) in [7, 11) is 3.21. The summed E-state index contributed by atoms with van der Waals surface area (Å²) < 4.78 is 11.5. The SMILES string of the molecule is COc1cc(Br)c(C(Cl)c2ccc(Cl)cc2C)cc1OC. The summed E-state index contributed by atoms with van der Waals surface area (Å²) in [5, 5.41) is 0.392. The minimum atomic E-state index is -0.309. The average molecular weight is 390 g/mol. The van der Waals surface area contributed by atoms with Gasteiger partial charge in [-0.15, -0.1) is 11.6 Å². The van der Waals surface area contributed by atoms with Gasteiger partial charge in [-0.1, -0.05) is 33.6 Å². The highest BCUT2D eigenvalue weighted by Gasteiger charge is 2.19. The van der Waals surface area contributed by atoms with Crippen LogP contribution in [0.5, 0.6) is 11.5 Å². The first kappa shape index (κ1) is 16.5. The van der Waals surface area contributed by atoms with Gasteiger partial charge in [0.2, 0.25) is 0 Å². The van der Waals surface area contributed by atoms with Crippen LogP contribution in [0.25, 0.3) is 0 Å². The lowest BCUT2D eigenvalue weighted by molar-refractivity contribution is 0.354. The van der Waals surface area contributed by atoms with Crippen molar-refractivity contribution in [1.29, 1.82) is 0 Å². The summed E-state index contributed by atoms with van der Waals surface area (Å²) in [6.07, 6.45) is 0. The van der Waals surface area contributed by atoms with Crippen LogP contribution in [-0.4, -0.2) is 14.2 Å². The standard InChI is InChI=1S/C16H15BrCl2O2/c1-9-6-10(18)4-5-11(9)16(19)12-7-14(20-2)15(21-3)8-13(12)17/h4-8,16H,1-3H3. The number of alkyl halides is 1. The Morgan fingerprint density at radius 1 is 1.00 bits per heavy atom. The average Bonchev–Trinajstić information content (AvgIpc) is 2.46. The van der Waals surface area contributed by atoms with Gasteiger partial charge in [0.05, 0.1) is 19.6 Å². The number of hydrogen-bond acceptors (Lipinski definition) is 2. The molecule has 0 aliphatic heterocycles. The fourth-order valence-electron chi connectivity index (χ4n) is 2.16.